The molecule has 0 saturated heterocycles. The van der Waals surface area contributed by atoms with Crippen LogP contribution in [0.2, 0.25) is 0 Å². The van der Waals surface area contributed by atoms with Gasteiger partial charge in [-0.05, 0) is 20.8 Å². The van der Waals surface area contributed by atoms with Gasteiger partial charge in [-0.15, -0.1) is 0 Å². The maximum Gasteiger partial charge on any atom is 0.303 e. The number of esters is 1. The number of carbonyl (C=O) groups is 1. The molecule has 0 saturated carbocycles. The van der Waals surface area contributed by atoms with Crippen LogP contribution in [-0.4, -0.2) is 18.2 Å². The van der Waals surface area contributed by atoms with Gasteiger partial charge in [0.05, 0.1) is 0 Å². The highest BCUT2D eigenvalue weighted by Gasteiger charge is 2.07. The summed E-state index contributed by atoms with van der Waals surface area (Å²) in [5.74, 6) is -0.253. The zero-order valence-electron chi connectivity index (χ0n) is 7.02. The molecule has 0 aromatic carbocycles. The second-order valence-electron chi connectivity index (χ2n) is 3.21. The maximum atomic E-state index is 10.3. The molecule has 1 N–H and O–H groups in total. The smallest absolute Gasteiger partial charge is 0.303 e. The molecule has 0 aliphatic carbocycles. The molecule has 0 aromatic heterocycles. The fourth-order valence-electron chi connectivity index (χ4n) is 0.354. The van der Waals surface area contributed by atoms with Gasteiger partial charge in [0.1, 0.15) is 6.73 Å². The molecule has 3 heteroatoms. The van der Waals surface area contributed by atoms with Gasteiger partial charge in [0.25, 0.3) is 0 Å². The summed E-state index contributed by atoms with van der Waals surface area (Å²) < 4.78 is 4.67. The van der Waals surface area contributed by atoms with Crippen molar-refractivity contribution in [2.75, 3.05) is 6.73 Å². The molecule has 0 rings (SSSR count). The van der Waals surface area contributed by atoms with E-state index >= 15 is 0 Å². The molecule has 0 fully saturated rings. The molecule has 0 heterocycles. The maximum absolute atomic E-state index is 10.3. The molecular weight excluding hydrogens is 130 g/mol. The van der Waals surface area contributed by atoms with Gasteiger partial charge < -0.3 is 4.74 Å². The highest BCUT2D eigenvalue weighted by molar-refractivity contribution is 5.65. The van der Waals surface area contributed by atoms with Crippen LogP contribution in [-0.2, 0) is 9.53 Å². The summed E-state index contributed by atoms with van der Waals surface area (Å²) >= 11 is 0. The molecule has 3 nitrogen and oxygen atoms in total. The van der Waals surface area contributed by atoms with E-state index in [9.17, 15) is 4.79 Å². The van der Waals surface area contributed by atoms with Crippen molar-refractivity contribution in [3.05, 3.63) is 0 Å². The Labute approximate surface area is 61.8 Å². The normalized spacial score (nSPS) is 11.2. The van der Waals surface area contributed by atoms with Gasteiger partial charge in [-0.3, -0.25) is 10.1 Å². The molecule has 0 unspecified atom stereocenters. The minimum absolute atomic E-state index is 0.00937. The Balaban J connectivity index is 3.29. The Morgan fingerprint density at radius 2 is 2.00 bits per heavy atom. The molecule has 0 amide bonds. The van der Waals surface area contributed by atoms with E-state index in [1.54, 1.807) is 0 Å². The van der Waals surface area contributed by atoms with E-state index in [-0.39, 0.29) is 11.5 Å². The minimum atomic E-state index is -0.253. The number of nitrogens with one attached hydrogen (secondary N) is 1. The lowest BCUT2D eigenvalue weighted by atomic mass is 10.1. The van der Waals surface area contributed by atoms with Crippen molar-refractivity contribution in [3.8, 4) is 0 Å². The predicted octanol–water partition coefficient (Wildman–Crippen LogP) is 0.895. The highest BCUT2D eigenvalue weighted by atomic mass is 16.5. The molecule has 0 radical (unpaired) electrons. The van der Waals surface area contributed by atoms with E-state index in [4.69, 9.17) is 0 Å². The third-order valence-corrected chi connectivity index (χ3v) is 0.878. The fourth-order valence-corrected chi connectivity index (χ4v) is 0.354. The molecule has 0 spiro atoms. The molecule has 60 valence electrons. The first-order valence-electron chi connectivity index (χ1n) is 3.30. The predicted molar refractivity (Wildman–Crippen MR) is 39.5 cm³/mol. The average molecular weight is 145 g/mol. The number of hydrogen-bond acceptors (Lipinski definition) is 3. The molecule has 10 heavy (non-hydrogen) atoms. The Bertz CT molecular complexity index is 115. The van der Waals surface area contributed by atoms with Crippen LogP contribution in [0.5, 0.6) is 0 Å². The van der Waals surface area contributed by atoms with Crippen LogP contribution in [0.15, 0.2) is 0 Å². The SMILES string of the molecule is CC(=O)OCNC(C)(C)C. The topological polar surface area (TPSA) is 38.3 Å². The lowest BCUT2D eigenvalue weighted by molar-refractivity contribution is -0.142. The molecule has 0 bridgehead atoms. The van der Waals surface area contributed by atoms with Gasteiger partial charge >= 0.3 is 5.97 Å². The Morgan fingerprint density at radius 1 is 1.50 bits per heavy atom. The van der Waals surface area contributed by atoms with Gasteiger partial charge in [-0.25, -0.2) is 0 Å². The number of rotatable bonds is 2. The van der Waals surface area contributed by atoms with E-state index < -0.39 is 0 Å². The average Bonchev–Trinajstić information content (AvgIpc) is 1.59. The van der Waals surface area contributed by atoms with Crippen LogP contribution >= 0.6 is 0 Å². The zero-order chi connectivity index (χ0) is 8.20. The standard InChI is InChI=1S/C7H15NO2/c1-6(9)10-5-8-7(2,3)4/h8H,5H2,1-4H3. The van der Waals surface area contributed by atoms with Crippen LogP contribution in [0.3, 0.4) is 0 Å². The Hall–Kier alpha value is -0.570. The van der Waals surface area contributed by atoms with Gasteiger partial charge in [-0.2, -0.15) is 0 Å². The summed E-state index contributed by atoms with van der Waals surface area (Å²) in [5, 5.41) is 3.01. The van der Waals surface area contributed by atoms with Gasteiger partial charge in [0.2, 0.25) is 0 Å². The Kier molecular flexibility index (Phi) is 3.36. The van der Waals surface area contributed by atoms with Crippen molar-refractivity contribution in [2.45, 2.75) is 33.2 Å². The van der Waals surface area contributed by atoms with E-state index in [2.05, 4.69) is 10.1 Å². The second kappa shape index (κ2) is 3.56. The lowest BCUT2D eigenvalue weighted by Crippen LogP contribution is -2.37. The second-order valence-corrected chi connectivity index (χ2v) is 3.21. The third kappa shape index (κ3) is 7.43. The van der Waals surface area contributed by atoms with Crippen LogP contribution in [0.25, 0.3) is 0 Å². The summed E-state index contributed by atoms with van der Waals surface area (Å²) in [5.41, 5.74) is 0.00937. The zero-order valence-corrected chi connectivity index (χ0v) is 7.02. The summed E-state index contributed by atoms with van der Waals surface area (Å²) in [6.07, 6.45) is 0. The first-order valence-corrected chi connectivity index (χ1v) is 3.30. The van der Waals surface area contributed by atoms with Crippen LogP contribution < -0.4 is 5.32 Å². The molecule has 0 aromatic rings. The van der Waals surface area contributed by atoms with Gasteiger partial charge in [-0.1, -0.05) is 0 Å². The highest BCUT2D eigenvalue weighted by Crippen LogP contribution is 1.96. The molecule has 0 aliphatic heterocycles. The largest absolute Gasteiger partial charge is 0.450 e. The molecule has 0 atom stereocenters. The van der Waals surface area contributed by atoms with Crippen LogP contribution in [0.1, 0.15) is 27.7 Å². The molecule has 0 aliphatic rings. The fraction of sp³-hybridized carbons (Fsp3) is 0.857. The van der Waals surface area contributed by atoms with Crippen molar-refractivity contribution in [1.29, 1.82) is 0 Å². The van der Waals surface area contributed by atoms with Crippen molar-refractivity contribution < 1.29 is 9.53 Å². The number of hydrogen-bond donors (Lipinski definition) is 1. The minimum Gasteiger partial charge on any atom is -0.450 e. The quantitative estimate of drug-likeness (QED) is 0.463. The van der Waals surface area contributed by atoms with Crippen molar-refractivity contribution in [1.82, 2.24) is 5.32 Å². The number of ether oxygens (including phenoxy) is 1. The first kappa shape index (κ1) is 9.43. The summed E-state index contributed by atoms with van der Waals surface area (Å²) in [6, 6.07) is 0. The van der Waals surface area contributed by atoms with Crippen LogP contribution in [0, 0.1) is 0 Å². The van der Waals surface area contributed by atoms with E-state index in [0.29, 0.717) is 6.73 Å². The first-order chi connectivity index (χ1) is 4.42. The summed E-state index contributed by atoms with van der Waals surface area (Å²) in [6.45, 7) is 7.71. The number of carbonyl (C=O) groups excluding carboxylic acids is 1. The van der Waals surface area contributed by atoms with Crippen molar-refractivity contribution in [3.63, 3.8) is 0 Å². The van der Waals surface area contributed by atoms with Crippen LogP contribution in [0.4, 0.5) is 0 Å². The summed E-state index contributed by atoms with van der Waals surface area (Å²) in [7, 11) is 0. The van der Waals surface area contributed by atoms with Gasteiger partial charge in [0, 0.05) is 12.5 Å². The lowest BCUT2D eigenvalue weighted by Gasteiger charge is -2.19. The van der Waals surface area contributed by atoms with E-state index in [1.165, 1.54) is 6.92 Å². The van der Waals surface area contributed by atoms with Gasteiger partial charge in [0.15, 0.2) is 0 Å². The monoisotopic (exact) mass is 145 g/mol. The van der Waals surface area contributed by atoms with Crippen molar-refractivity contribution >= 4 is 5.97 Å². The molecular formula is C7H15NO2. The summed E-state index contributed by atoms with van der Waals surface area (Å²) in [4.78, 5) is 10.3. The third-order valence-electron chi connectivity index (χ3n) is 0.878. The van der Waals surface area contributed by atoms with E-state index in [1.807, 2.05) is 20.8 Å². The van der Waals surface area contributed by atoms with Crippen molar-refractivity contribution in [2.24, 2.45) is 0 Å². The Morgan fingerprint density at radius 3 is 2.30 bits per heavy atom. The van der Waals surface area contributed by atoms with E-state index in [0.717, 1.165) is 0 Å².